The van der Waals surface area contributed by atoms with Crippen molar-refractivity contribution in [3.05, 3.63) is 93.5 Å². The van der Waals surface area contributed by atoms with Crippen LogP contribution in [0.3, 0.4) is 0 Å². The van der Waals surface area contributed by atoms with Crippen LogP contribution in [-0.2, 0) is 6.61 Å². The zero-order chi connectivity index (χ0) is 21.7. The van der Waals surface area contributed by atoms with Crippen LogP contribution in [0.5, 0.6) is 5.75 Å². The number of benzene rings is 3. The Bertz CT molecular complexity index is 1080. The van der Waals surface area contributed by atoms with Crippen LogP contribution in [0.15, 0.2) is 59.7 Å². The number of hydrogen-bond acceptors (Lipinski definition) is 3. The first-order valence-electron chi connectivity index (χ1n) is 8.48. The van der Waals surface area contributed by atoms with Gasteiger partial charge in [0.1, 0.15) is 12.4 Å². The summed E-state index contributed by atoms with van der Waals surface area (Å²) in [5.74, 6) is 0.417. The Morgan fingerprint density at radius 3 is 2.27 bits per heavy atom. The van der Waals surface area contributed by atoms with Gasteiger partial charge in [0.15, 0.2) is 0 Å². The lowest BCUT2D eigenvalue weighted by molar-refractivity contribution is 0.0955. The maximum Gasteiger partial charge on any atom is 0.271 e. The summed E-state index contributed by atoms with van der Waals surface area (Å²) in [6.45, 7) is 0.441. The van der Waals surface area contributed by atoms with Crippen molar-refractivity contribution in [2.45, 2.75) is 6.61 Å². The van der Waals surface area contributed by atoms with E-state index in [9.17, 15) is 4.79 Å². The summed E-state index contributed by atoms with van der Waals surface area (Å²) in [5.41, 5.74) is 4.71. The Kier molecular flexibility index (Phi) is 8.64. The minimum absolute atomic E-state index is 0.312. The van der Waals surface area contributed by atoms with E-state index in [-0.39, 0.29) is 5.91 Å². The van der Waals surface area contributed by atoms with E-state index in [2.05, 4.69) is 55.7 Å². The number of hydrogen-bond donors (Lipinski definition) is 1. The fourth-order valence-electron chi connectivity index (χ4n) is 2.40. The van der Waals surface area contributed by atoms with Gasteiger partial charge in [-0.2, -0.15) is 5.10 Å². The maximum atomic E-state index is 12.2. The van der Waals surface area contributed by atoms with E-state index in [0.29, 0.717) is 27.2 Å². The van der Waals surface area contributed by atoms with Crippen molar-refractivity contribution >= 4 is 92.1 Å². The summed E-state index contributed by atoms with van der Waals surface area (Å²) in [4.78, 5) is 12.2. The number of nitrogens with one attached hydrogen (secondary N) is 1. The smallest absolute Gasteiger partial charge is 0.271 e. The molecule has 0 heterocycles. The van der Waals surface area contributed by atoms with Crippen LogP contribution in [0, 0.1) is 7.14 Å². The second kappa shape index (κ2) is 11.0. The molecule has 0 bridgehead atoms. The van der Waals surface area contributed by atoms with Gasteiger partial charge in [-0.3, -0.25) is 4.79 Å². The van der Waals surface area contributed by atoms with Crippen molar-refractivity contribution in [3.63, 3.8) is 0 Å². The summed E-state index contributed by atoms with van der Waals surface area (Å²) in [5, 5.41) is 5.42. The summed E-state index contributed by atoms with van der Waals surface area (Å²) in [6.07, 6.45) is 1.57. The molecule has 0 atom stereocenters. The van der Waals surface area contributed by atoms with E-state index in [1.807, 2.05) is 36.4 Å². The molecule has 0 fully saturated rings. The van der Waals surface area contributed by atoms with Gasteiger partial charge in [-0.1, -0.05) is 46.9 Å². The van der Waals surface area contributed by atoms with Crippen molar-refractivity contribution in [2.24, 2.45) is 5.10 Å². The van der Waals surface area contributed by atoms with E-state index in [1.54, 1.807) is 18.3 Å². The fraction of sp³-hybridized carbons (Fsp3) is 0.0476. The molecule has 0 aromatic heterocycles. The molecule has 1 amide bonds. The Hall–Kier alpha value is -1.07. The Labute approximate surface area is 216 Å². The van der Waals surface area contributed by atoms with Gasteiger partial charge in [0.25, 0.3) is 5.91 Å². The largest absolute Gasteiger partial charge is 0.487 e. The molecule has 0 saturated heterocycles. The first-order chi connectivity index (χ1) is 14.3. The van der Waals surface area contributed by atoms with Crippen molar-refractivity contribution in [2.75, 3.05) is 0 Å². The molecule has 9 heteroatoms. The van der Waals surface area contributed by atoms with Gasteiger partial charge in [-0.25, -0.2) is 5.43 Å². The van der Waals surface area contributed by atoms with Gasteiger partial charge in [-0.05, 0) is 98.8 Å². The average Bonchev–Trinajstić information content (AvgIpc) is 2.70. The zero-order valence-electron chi connectivity index (χ0n) is 15.1. The fourth-order valence-corrected chi connectivity index (χ4v) is 4.95. The van der Waals surface area contributed by atoms with Gasteiger partial charge in [-0.15, -0.1) is 0 Å². The monoisotopic (exact) mass is 684 g/mol. The van der Waals surface area contributed by atoms with E-state index in [4.69, 9.17) is 39.5 Å². The van der Waals surface area contributed by atoms with Gasteiger partial charge in [0.2, 0.25) is 0 Å². The second-order valence-corrected chi connectivity index (χ2v) is 9.63. The minimum Gasteiger partial charge on any atom is -0.487 e. The third-order valence-corrected chi connectivity index (χ3v) is 6.47. The molecule has 3 rings (SSSR count). The maximum absolute atomic E-state index is 12.2. The topological polar surface area (TPSA) is 50.7 Å². The predicted octanol–water partition coefficient (Wildman–Crippen LogP) is 7.20. The Balaban J connectivity index is 1.64. The minimum atomic E-state index is -0.378. The van der Waals surface area contributed by atoms with Crippen LogP contribution in [0.4, 0.5) is 0 Å². The quantitative estimate of drug-likeness (QED) is 0.170. The molecular formula is C21H13Cl3I2N2O2. The molecule has 30 heavy (non-hydrogen) atoms. The van der Waals surface area contributed by atoms with Gasteiger partial charge >= 0.3 is 0 Å². The molecule has 0 saturated carbocycles. The van der Waals surface area contributed by atoms with Gasteiger partial charge in [0, 0.05) is 10.6 Å². The van der Waals surface area contributed by atoms with Gasteiger partial charge in [0.05, 0.1) is 23.4 Å². The van der Waals surface area contributed by atoms with E-state index >= 15 is 0 Å². The van der Waals surface area contributed by atoms with Crippen molar-refractivity contribution < 1.29 is 9.53 Å². The van der Waals surface area contributed by atoms with Crippen LogP contribution in [0.1, 0.15) is 21.5 Å². The number of carbonyl (C=O) groups is 1. The lowest BCUT2D eigenvalue weighted by Crippen LogP contribution is -2.17. The highest BCUT2D eigenvalue weighted by molar-refractivity contribution is 14.1. The number of carbonyl (C=O) groups excluding carboxylic acids is 1. The molecule has 0 spiro atoms. The molecule has 0 aliphatic rings. The molecule has 154 valence electrons. The molecule has 1 N–H and O–H groups in total. The number of nitrogens with zero attached hydrogens (tertiary/aromatic N) is 1. The number of rotatable bonds is 6. The molecule has 4 nitrogen and oxygen atoms in total. The number of hydrazone groups is 1. The Morgan fingerprint density at radius 2 is 1.63 bits per heavy atom. The number of amides is 1. The number of halogens is 5. The summed E-state index contributed by atoms with van der Waals surface area (Å²) < 4.78 is 7.85. The van der Waals surface area contributed by atoms with Crippen LogP contribution < -0.4 is 10.2 Å². The standard InChI is InChI=1S/C21H13Cl3I2N2O2/c22-15-4-1-12(2-5-15)11-30-20-18(25)7-13(8-19(20)26)10-27-28-21(29)14-3-6-16(23)17(24)9-14/h1-10H,11H2,(H,28,29)/b27-10-. The zero-order valence-corrected chi connectivity index (χ0v) is 21.7. The molecule has 0 radical (unpaired) electrons. The Morgan fingerprint density at radius 1 is 0.967 bits per heavy atom. The van der Waals surface area contributed by atoms with Crippen LogP contribution in [-0.4, -0.2) is 12.1 Å². The summed E-state index contributed by atoms with van der Waals surface area (Å²) >= 11 is 22.1. The molecule has 0 aliphatic heterocycles. The van der Waals surface area contributed by atoms with Crippen LogP contribution in [0.25, 0.3) is 0 Å². The molecule has 3 aromatic carbocycles. The first-order valence-corrected chi connectivity index (χ1v) is 11.8. The number of ether oxygens (including phenoxy) is 1. The molecule has 3 aromatic rings. The van der Waals surface area contributed by atoms with E-state index in [1.165, 1.54) is 6.07 Å². The lowest BCUT2D eigenvalue weighted by Gasteiger charge is -2.11. The first kappa shape index (κ1) is 23.6. The SMILES string of the molecule is O=C(N/N=C\c1cc(I)c(OCc2ccc(Cl)cc2)c(I)c1)c1ccc(Cl)c(Cl)c1. The van der Waals surface area contributed by atoms with Gasteiger partial charge < -0.3 is 4.74 Å². The second-order valence-electron chi connectivity index (χ2n) is 6.06. The molecule has 0 aliphatic carbocycles. The third kappa shape index (κ3) is 6.46. The van der Waals surface area contributed by atoms with Crippen LogP contribution in [0.2, 0.25) is 15.1 Å². The van der Waals surface area contributed by atoms with E-state index < -0.39 is 0 Å². The summed E-state index contributed by atoms with van der Waals surface area (Å²) in [6, 6.07) is 16.0. The highest BCUT2D eigenvalue weighted by Crippen LogP contribution is 2.29. The summed E-state index contributed by atoms with van der Waals surface area (Å²) in [7, 11) is 0. The lowest BCUT2D eigenvalue weighted by atomic mass is 10.2. The van der Waals surface area contributed by atoms with Crippen molar-refractivity contribution in [1.29, 1.82) is 0 Å². The van der Waals surface area contributed by atoms with Crippen LogP contribution >= 0.6 is 80.0 Å². The highest BCUT2D eigenvalue weighted by Gasteiger charge is 2.10. The molecule has 0 unspecified atom stereocenters. The predicted molar refractivity (Wildman–Crippen MR) is 139 cm³/mol. The molecular weight excluding hydrogens is 672 g/mol. The normalized spacial score (nSPS) is 11.0. The van der Waals surface area contributed by atoms with Crippen molar-refractivity contribution in [3.8, 4) is 5.75 Å². The third-order valence-electron chi connectivity index (χ3n) is 3.88. The highest BCUT2D eigenvalue weighted by atomic mass is 127. The van der Waals surface area contributed by atoms with E-state index in [0.717, 1.165) is 24.0 Å². The van der Waals surface area contributed by atoms with Crippen molar-refractivity contribution in [1.82, 2.24) is 5.43 Å². The average molecular weight is 686 g/mol.